The number of halogens is 1. The zero-order chi connectivity index (χ0) is 22.7. The summed E-state index contributed by atoms with van der Waals surface area (Å²) in [6.07, 6.45) is 8.30. The fraction of sp³-hybridized carbons (Fsp3) is 0.423. The smallest absolute Gasteiger partial charge is 0.171 e. The molecule has 7 heteroatoms. The Morgan fingerprint density at radius 3 is 2.42 bits per heavy atom. The number of ether oxygens (including phenoxy) is 2. The maximum Gasteiger partial charge on any atom is 0.171 e. The van der Waals surface area contributed by atoms with Crippen molar-refractivity contribution in [1.29, 1.82) is 0 Å². The molecule has 2 aliphatic rings. The van der Waals surface area contributed by atoms with Crippen LogP contribution in [0, 0.1) is 5.82 Å². The van der Waals surface area contributed by atoms with Crippen LogP contribution in [0.25, 0.3) is 0 Å². The maximum absolute atomic E-state index is 13.4. The Balaban J connectivity index is 1.38. The van der Waals surface area contributed by atoms with Gasteiger partial charge in [-0.3, -0.25) is 15.0 Å². The molecule has 4 heterocycles. The van der Waals surface area contributed by atoms with Crippen LogP contribution in [0.5, 0.6) is 0 Å². The van der Waals surface area contributed by atoms with E-state index in [2.05, 4.69) is 33.9 Å². The molecule has 0 N–H and O–H groups in total. The first-order chi connectivity index (χ1) is 16.1. The van der Waals surface area contributed by atoms with E-state index in [0.717, 1.165) is 60.7 Å². The van der Waals surface area contributed by atoms with Crippen LogP contribution in [0.3, 0.4) is 0 Å². The molecule has 1 atom stereocenters. The highest BCUT2D eigenvalue weighted by atomic mass is 19.1. The first-order valence-corrected chi connectivity index (χ1v) is 11.6. The van der Waals surface area contributed by atoms with Crippen LogP contribution in [0.2, 0.25) is 0 Å². The summed E-state index contributed by atoms with van der Waals surface area (Å²) in [6, 6.07) is 11.1. The largest absolute Gasteiger partial charge is 0.371 e. The summed E-state index contributed by atoms with van der Waals surface area (Å²) in [5.74, 6) is -0.385. The number of piperidine rings is 1. The molecule has 5 rings (SSSR count). The van der Waals surface area contributed by atoms with Gasteiger partial charge in [-0.15, -0.1) is 0 Å². The average Bonchev–Trinajstić information content (AvgIpc) is 3.28. The molecule has 0 bridgehead atoms. The zero-order valence-electron chi connectivity index (χ0n) is 18.9. The van der Waals surface area contributed by atoms with E-state index in [4.69, 9.17) is 14.5 Å². The topological polar surface area (TPSA) is 60.4 Å². The number of rotatable bonds is 6. The SMILES string of the molecule is C[C@H](Cc1cc(N2CCC3(CC2)OCCO3)cc(Cc2cnccn2)n1)c1ccc(F)cc1. The van der Waals surface area contributed by atoms with Gasteiger partial charge in [0.25, 0.3) is 0 Å². The van der Waals surface area contributed by atoms with Gasteiger partial charge in [-0.2, -0.15) is 0 Å². The number of hydrogen-bond acceptors (Lipinski definition) is 6. The molecule has 0 aliphatic carbocycles. The highest BCUT2D eigenvalue weighted by molar-refractivity contribution is 5.50. The first kappa shape index (κ1) is 21.9. The maximum atomic E-state index is 13.4. The third-order valence-electron chi connectivity index (χ3n) is 6.55. The van der Waals surface area contributed by atoms with Crippen molar-refractivity contribution in [3.8, 4) is 0 Å². The molecule has 33 heavy (non-hydrogen) atoms. The molecule has 2 saturated heterocycles. The highest BCUT2D eigenvalue weighted by Crippen LogP contribution is 2.34. The van der Waals surface area contributed by atoms with Gasteiger partial charge < -0.3 is 14.4 Å². The predicted octanol–water partition coefficient (Wildman–Crippen LogP) is 4.29. The molecule has 3 aromatic rings. The van der Waals surface area contributed by atoms with E-state index in [0.29, 0.717) is 19.6 Å². The van der Waals surface area contributed by atoms with E-state index in [1.807, 2.05) is 12.1 Å². The standard InChI is InChI=1S/C26H29FN4O2/c1-19(20-2-4-21(27)5-3-20)14-22-16-25(17-23(30-22)15-24-18-28-8-9-29-24)31-10-6-26(7-11-31)32-12-13-33-26/h2-5,8-9,16-19H,6-7,10-15H2,1H3/t19-/m1/s1. The Labute approximate surface area is 193 Å². The molecule has 1 aromatic carbocycles. The van der Waals surface area contributed by atoms with Gasteiger partial charge in [0.05, 0.1) is 18.9 Å². The molecule has 2 aromatic heterocycles. The Kier molecular flexibility index (Phi) is 6.33. The summed E-state index contributed by atoms with van der Waals surface area (Å²) in [5, 5.41) is 0. The van der Waals surface area contributed by atoms with Gasteiger partial charge in [0.1, 0.15) is 5.82 Å². The number of nitrogens with zero attached hydrogens (tertiary/aromatic N) is 4. The van der Waals surface area contributed by atoms with Gasteiger partial charge in [-0.25, -0.2) is 4.39 Å². The molecule has 172 valence electrons. The van der Waals surface area contributed by atoms with Crippen LogP contribution >= 0.6 is 0 Å². The first-order valence-electron chi connectivity index (χ1n) is 11.6. The fourth-order valence-electron chi connectivity index (χ4n) is 4.73. The number of pyridine rings is 1. The Morgan fingerprint density at radius 1 is 1.00 bits per heavy atom. The quantitative estimate of drug-likeness (QED) is 0.561. The Hall–Kier alpha value is -2.90. The lowest BCUT2D eigenvalue weighted by atomic mass is 9.95. The lowest BCUT2D eigenvalue weighted by Gasteiger charge is -2.39. The van der Waals surface area contributed by atoms with E-state index in [9.17, 15) is 4.39 Å². The molecule has 6 nitrogen and oxygen atoms in total. The Morgan fingerprint density at radius 2 is 1.73 bits per heavy atom. The van der Waals surface area contributed by atoms with Crippen LogP contribution < -0.4 is 4.90 Å². The summed E-state index contributed by atoms with van der Waals surface area (Å²) >= 11 is 0. The van der Waals surface area contributed by atoms with Crippen molar-refractivity contribution in [3.63, 3.8) is 0 Å². The van der Waals surface area contributed by atoms with Gasteiger partial charge in [0, 0.05) is 68.0 Å². The second-order valence-electron chi connectivity index (χ2n) is 8.93. The van der Waals surface area contributed by atoms with Crippen molar-refractivity contribution in [2.75, 3.05) is 31.2 Å². The van der Waals surface area contributed by atoms with Crippen molar-refractivity contribution < 1.29 is 13.9 Å². The molecule has 0 saturated carbocycles. The third kappa shape index (κ3) is 5.20. The van der Waals surface area contributed by atoms with Gasteiger partial charge in [0.2, 0.25) is 0 Å². The number of benzene rings is 1. The van der Waals surface area contributed by atoms with Crippen LogP contribution in [-0.2, 0) is 22.3 Å². The summed E-state index contributed by atoms with van der Waals surface area (Å²) in [7, 11) is 0. The lowest BCUT2D eigenvalue weighted by Crippen LogP contribution is -2.45. The summed E-state index contributed by atoms with van der Waals surface area (Å²) < 4.78 is 25.2. The van der Waals surface area contributed by atoms with Gasteiger partial charge in [-0.05, 0) is 42.2 Å². The van der Waals surface area contributed by atoms with Crippen LogP contribution in [0.4, 0.5) is 10.1 Å². The summed E-state index contributed by atoms with van der Waals surface area (Å²) in [6.45, 7) is 5.28. The minimum Gasteiger partial charge on any atom is -0.371 e. The van der Waals surface area contributed by atoms with Gasteiger partial charge in [0.15, 0.2) is 5.79 Å². The van der Waals surface area contributed by atoms with Crippen LogP contribution in [-0.4, -0.2) is 47.0 Å². The molecule has 0 unspecified atom stereocenters. The average molecular weight is 449 g/mol. The molecular formula is C26H29FN4O2. The Bertz CT molecular complexity index is 1060. The van der Waals surface area contributed by atoms with E-state index in [1.165, 1.54) is 12.1 Å². The van der Waals surface area contributed by atoms with Crippen LogP contribution in [0.15, 0.2) is 55.0 Å². The molecule has 1 spiro atoms. The van der Waals surface area contributed by atoms with Crippen LogP contribution in [0.1, 0.15) is 48.3 Å². The van der Waals surface area contributed by atoms with E-state index in [-0.39, 0.29) is 11.7 Å². The van der Waals surface area contributed by atoms with Gasteiger partial charge in [-0.1, -0.05) is 19.1 Å². The van der Waals surface area contributed by atoms with Gasteiger partial charge >= 0.3 is 0 Å². The van der Waals surface area contributed by atoms with Crippen molar-refractivity contribution in [2.24, 2.45) is 0 Å². The fourth-order valence-corrected chi connectivity index (χ4v) is 4.73. The minimum absolute atomic E-state index is 0.213. The highest BCUT2D eigenvalue weighted by Gasteiger charge is 2.39. The van der Waals surface area contributed by atoms with Crippen molar-refractivity contribution in [1.82, 2.24) is 15.0 Å². The molecule has 2 aliphatic heterocycles. The molecule has 0 radical (unpaired) electrons. The van der Waals surface area contributed by atoms with E-state index < -0.39 is 5.79 Å². The second-order valence-corrected chi connectivity index (χ2v) is 8.93. The predicted molar refractivity (Wildman–Crippen MR) is 124 cm³/mol. The molecule has 2 fully saturated rings. The number of hydrogen-bond donors (Lipinski definition) is 0. The minimum atomic E-state index is -0.397. The lowest BCUT2D eigenvalue weighted by molar-refractivity contribution is -0.169. The second kappa shape index (κ2) is 9.53. The molecular weight excluding hydrogens is 419 g/mol. The van der Waals surface area contributed by atoms with Crippen molar-refractivity contribution in [3.05, 3.63) is 83.5 Å². The van der Waals surface area contributed by atoms with E-state index >= 15 is 0 Å². The summed E-state index contributed by atoms with van der Waals surface area (Å²) in [4.78, 5) is 16.0. The van der Waals surface area contributed by atoms with Crippen molar-refractivity contribution >= 4 is 5.69 Å². The number of anilines is 1. The molecule has 0 amide bonds. The zero-order valence-corrected chi connectivity index (χ0v) is 18.9. The monoisotopic (exact) mass is 448 g/mol. The normalized spacial score (nSPS) is 18.5. The summed E-state index contributed by atoms with van der Waals surface area (Å²) in [5.41, 5.74) is 5.16. The third-order valence-corrected chi connectivity index (χ3v) is 6.55. The number of aromatic nitrogens is 3. The van der Waals surface area contributed by atoms with E-state index in [1.54, 1.807) is 18.6 Å². The van der Waals surface area contributed by atoms with Crippen molar-refractivity contribution in [2.45, 2.75) is 44.3 Å².